The number of carbonyl (C=O) groups is 1. The van der Waals surface area contributed by atoms with E-state index in [2.05, 4.69) is 11.8 Å². The first kappa shape index (κ1) is 7.14. The zero-order chi connectivity index (χ0) is 7.23. The number of hydrogen-bond acceptors (Lipinski definition) is 2. The zero-order valence-electron chi connectivity index (χ0n) is 5.80. The van der Waals surface area contributed by atoms with Crippen LogP contribution in [0.3, 0.4) is 0 Å². The van der Waals surface area contributed by atoms with Crippen LogP contribution in [0.25, 0.3) is 0 Å². The molecule has 1 aliphatic carbocycles. The van der Waals surface area contributed by atoms with Gasteiger partial charge >= 0.3 is 0 Å². The molecule has 2 nitrogen and oxygen atoms in total. The second-order valence-corrected chi connectivity index (χ2v) is 2.29. The summed E-state index contributed by atoms with van der Waals surface area (Å²) in [5, 5.41) is 0. The van der Waals surface area contributed by atoms with E-state index in [1.165, 1.54) is 0 Å². The van der Waals surface area contributed by atoms with E-state index >= 15 is 0 Å². The molecule has 0 saturated heterocycles. The summed E-state index contributed by atoms with van der Waals surface area (Å²) in [6.07, 6.45) is 3.93. The minimum absolute atomic E-state index is 0.139. The molecule has 10 heavy (non-hydrogen) atoms. The van der Waals surface area contributed by atoms with E-state index < -0.39 is 0 Å². The molecule has 0 bridgehead atoms. The third-order valence-corrected chi connectivity index (χ3v) is 1.50. The topological polar surface area (TPSA) is 26.3 Å². The van der Waals surface area contributed by atoms with Crippen molar-refractivity contribution >= 4 is 6.47 Å². The van der Waals surface area contributed by atoms with Crippen LogP contribution < -0.4 is 0 Å². The Labute approximate surface area is 60.6 Å². The van der Waals surface area contributed by atoms with Crippen molar-refractivity contribution in [3.8, 4) is 11.8 Å². The monoisotopic (exact) mass is 138 g/mol. The van der Waals surface area contributed by atoms with Gasteiger partial charge in [0.2, 0.25) is 0 Å². The highest BCUT2D eigenvalue weighted by Gasteiger charge is 2.05. The SMILES string of the molecule is O=COC1C#CCCCC1. The van der Waals surface area contributed by atoms with Crippen molar-refractivity contribution in [1.82, 2.24) is 0 Å². The number of rotatable bonds is 2. The molecule has 1 aliphatic rings. The Bertz CT molecular complexity index is 164. The molecule has 2 heteroatoms. The number of ether oxygens (including phenoxy) is 1. The molecule has 0 saturated carbocycles. The smallest absolute Gasteiger partial charge is 0.294 e. The van der Waals surface area contributed by atoms with Crippen molar-refractivity contribution in [3.63, 3.8) is 0 Å². The summed E-state index contributed by atoms with van der Waals surface area (Å²) in [4.78, 5) is 9.90. The fourth-order valence-electron chi connectivity index (χ4n) is 0.970. The van der Waals surface area contributed by atoms with Gasteiger partial charge in [-0.05, 0) is 19.3 Å². The van der Waals surface area contributed by atoms with Crippen LogP contribution in [0, 0.1) is 11.8 Å². The summed E-state index contributed by atoms with van der Waals surface area (Å²) < 4.78 is 4.71. The summed E-state index contributed by atoms with van der Waals surface area (Å²) in [6, 6.07) is 0. The molecule has 0 aromatic heterocycles. The van der Waals surface area contributed by atoms with Gasteiger partial charge in [0.15, 0.2) is 6.10 Å². The Morgan fingerprint density at radius 2 is 2.40 bits per heavy atom. The molecular weight excluding hydrogens is 128 g/mol. The van der Waals surface area contributed by atoms with Gasteiger partial charge in [-0.25, -0.2) is 0 Å². The van der Waals surface area contributed by atoms with Gasteiger partial charge in [0, 0.05) is 6.42 Å². The summed E-state index contributed by atoms with van der Waals surface area (Å²) in [6.45, 7) is 0.477. The van der Waals surface area contributed by atoms with Gasteiger partial charge in [0.05, 0.1) is 0 Å². The molecule has 0 heterocycles. The number of hydrogen-bond donors (Lipinski definition) is 0. The summed E-state index contributed by atoms with van der Waals surface area (Å²) >= 11 is 0. The van der Waals surface area contributed by atoms with Crippen molar-refractivity contribution in [2.45, 2.75) is 31.8 Å². The average Bonchev–Trinajstić information content (AvgIpc) is 2.17. The van der Waals surface area contributed by atoms with Gasteiger partial charge in [-0.3, -0.25) is 4.79 Å². The maximum atomic E-state index is 9.90. The van der Waals surface area contributed by atoms with Crippen LogP contribution in [0.15, 0.2) is 0 Å². The van der Waals surface area contributed by atoms with Gasteiger partial charge in [-0.1, -0.05) is 11.8 Å². The lowest BCUT2D eigenvalue weighted by Gasteiger charge is -2.04. The summed E-state index contributed by atoms with van der Waals surface area (Å²) in [7, 11) is 0. The van der Waals surface area contributed by atoms with Crippen molar-refractivity contribution in [3.05, 3.63) is 0 Å². The Morgan fingerprint density at radius 1 is 1.50 bits per heavy atom. The molecule has 0 radical (unpaired) electrons. The Morgan fingerprint density at radius 3 is 3.20 bits per heavy atom. The quantitative estimate of drug-likeness (QED) is 0.422. The zero-order valence-corrected chi connectivity index (χ0v) is 5.80. The van der Waals surface area contributed by atoms with Gasteiger partial charge in [-0.2, -0.15) is 0 Å². The lowest BCUT2D eigenvalue weighted by atomic mass is 10.2. The molecule has 0 aromatic rings. The normalized spacial score (nSPS) is 23.8. The second-order valence-electron chi connectivity index (χ2n) is 2.29. The molecule has 1 atom stereocenters. The van der Waals surface area contributed by atoms with E-state index in [-0.39, 0.29) is 6.10 Å². The summed E-state index contributed by atoms with van der Waals surface area (Å²) in [5.41, 5.74) is 0. The molecule has 0 fully saturated rings. The van der Waals surface area contributed by atoms with E-state index in [0.717, 1.165) is 25.7 Å². The van der Waals surface area contributed by atoms with E-state index in [4.69, 9.17) is 4.74 Å². The van der Waals surface area contributed by atoms with Crippen molar-refractivity contribution in [1.29, 1.82) is 0 Å². The molecule has 0 spiro atoms. The van der Waals surface area contributed by atoms with E-state index in [1.54, 1.807) is 0 Å². The lowest BCUT2D eigenvalue weighted by molar-refractivity contribution is -0.131. The summed E-state index contributed by atoms with van der Waals surface area (Å²) in [5.74, 6) is 5.83. The van der Waals surface area contributed by atoms with Crippen LogP contribution in [0.4, 0.5) is 0 Å². The molecule has 0 amide bonds. The van der Waals surface area contributed by atoms with Crippen molar-refractivity contribution < 1.29 is 9.53 Å². The maximum Gasteiger partial charge on any atom is 0.294 e. The Hall–Kier alpha value is -0.970. The molecular formula is C8H10O2. The Balaban J connectivity index is 2.38. The second kappa shape index (κ2) is 3.94. The standard InChI is InChI=1S/C8H10O2/c9-7-10-8-5-3-1-2-4-6-8/h7-8H,1-3,5H2. The highest BCUT2D eigenvalue weighted by Crippen LogP contribution is 2.08. The van der Waals surface area contributed by atoms with Crippen LogP contribution in [0.1, 0.15) is 25.7 Å². The first-order valence-corrected chi connectivity index (χ1v) is 3.51. The molecule has 0 N–H and O–H groups in total. The van der Waals surface area contributed by atoms with Crippen LogP contribution >= 0.6 is 0 Å². The minimum atomic E-state index is -0.139. The molecule has 1 unspecified atom stereocenters. The van der Waals surface area contributed by atoms with Crippen LogP contribution in [0.2, 0.25) is 0 Å². The van der Waals surface area contributed by atoms with Crippen LogP contribution in [-0.2, 0) is 9.53 Å². The number of carbonyl (C=O) groups excluding carboxylic acids is 1. The third-order valence-electron chi connectivity index (χ3n) is 1.50. The first-order valence-electron chi connectivity index (χ1n) is 3.51. The minimum Gasteiger partial charge on any atom is -0.451 e. The third kappa shape index (κ3) is 2.10. The van der Waals surface area contributed by atoms with Crippen molar-refractivity contribution in [2.75, 3.05) is 0 Å². The molecule has 54 valence electrons. The average molecular weight is 138 g/mol. The fourth-order valence-corrected chi connectivity index (χ4v) is 0.970. The largest absolute Gasteiger partial charge is 0.451 e. The van der Waals surface area contributed by atoms with Gasteiger partial charge in [-0.15, -0.1) is 0 Å². The lowest BCUT2D eigenvalue weighted by Crippen LogP contribution is -2.07. The predicted octanol–water partition coefficient (Wildman–Crippen LogP) is 1.11. The van der Waals surface area contributed by atoms with E-state index in [1.807, 2.05) is 0 Å². The van der Waals surface area contributed by atoms with Crippen LogP contribution in [0.5, 0.6) is 0 Å². The van der Waals surface area contributed by atoms with E-state index in [0.29, 0.717) is 6.47 Å². The Kier molecular flexibility index (Phi) is 2.82. The highest BCUT2D eigenvalue weighted by atomic mass is 16.5. The van der Waals surface area contributed by atoms with Crippen LogP contribution in [-0.4, -0.2) is 12.6 Å². The van der Waals surface area contributed by atoms with Gasteiger partial charge < -0.3 is 4.74 Å². The molecule has 0 aliphatic heterocycles. The van der Waals surface area contributed by atoms with Crippen molar-refractivity contribution in [2.24, 2.45) is 0 Å². The van der Waals surface area contributed by atoms with Gasteiger partial charge in [0.25, 0.3) is 6.47 Å². The first-order chi connectivity index (χ1) is 4.93. The fraction of sp³-hybridized carbons (Fsp3) is 0.625. The predicted molar refractivity (Wildman–Crippen MR) is 37.2 cm³/mol. The maximum absolute atomic E-state index is 9.90. The van der Waals surface area contributed by atoms with Gasteiger partial charge in [0.1, 0.15) is 0 Å². The molecule has 0 aromatic carbocycles. The van der Waals surface area contributed by atoms with E-state index in [9.17, 15) is 4.79 Å². The molecule has 1 rings (SSSR count). The highest BCUT2D eigenvalue weighted by molar-refractivity contribution is 5.38.